The lowest BCUT2D eigenvalue weighted by Crippen LogP contribution is -2.63. The fourth-order valence-electron chi connectivity index (χ4n) is 11.9. The van der Waals surface area contributed by atoms with Crippen LogP contribution in [0.1, 0.15) is 121 Å². The van der Waals surface area contributed by atoms with Crippen LogP contribution in [-0.4, -0.2) is 216 Å². The molecule has 36 nitrogen and oxygen atoms in total. The zero-order chi connectivity index (χ0) is 74.3. The second kappa shape index (κ2) is 41.2. The summed E-state index contributed by atoms with van der Waals surface area (Å²) < 4.78 is 0. The molecule has 2 aromatic carbocycles. The van der Waals surface area contributed by atoms with Crippen LogP contribution < -0.4 is 99.5 Å². The number of nitrogens with two attached hydrogens (primary N) is 9. The number of phenolic OH excluding ortho intramolecular Hbond substituents is 1. The highest BCUT2D eigenvalue weighted by Gasteiger charge is 2.43. The number of nitrogens with zero attached hydrogens (tertiary/aromatic N) is 5. The molecule has 2 aromatic rings. The van der Waals surface area contributed by atoms with Gasteiger partial charge >= 0.3 is 0 Å². The average Bonchev–Trinajstić information content (AvgIpc) is 1.79. The van der Waals surface area contributed by atoms with E-state index in [0.717, 1.165) is 0 Å². The molecule has 0 unspecified atom stereocenters. The molecule has 12 amide bonds. The monoisotopic (exact) mass is 1410 g/mol. The number of aromatic hydroxyl groups is 1. The van der Waals surface area contributed by atoms with E-state index in [0.29, 0.717) is 43.4 Å². The van der Waals surface area contributed by atoms with E-state index in [1.54, 1.807) is 56.3 Å². The quantitative estimate of drug-likeness (QED) is 0.0171. The van der Waals surface area contributed by atoms with Crippen molar-refractivity contribution in [3.63, 3.8) is 0 Å². The average molecular weight is 1410 g/mol. The minimum atomic E-state index is -1.75. The van der Waals surface area contributed by atoms with E-state index >= 15 is 0 Å². The largest absolute Gasteiger partial charge is 0.508 e. The number of likely N-dealkylation sites (tertiary alicyclic amines) is 1. The number of carbonyl (C=O) groups excluding carboxylic acids is 12. The smallest absolute Gasteiger partial charge is 0.246 e. The number of rotatable bonds is 36. The Morgan fingerprint density at radius 3 is 1.78 bits per heavy atom. The Balaban J connectivity index is 1.46. The Labute approximate surface area is 586 Å². The minimum Gasteiger partial charge on any atom is -0.508 e. The topological polar surface area (TPSA) is 611 Å². The normalized spacial score (nSPS) is 19.9. The van der Waals surface area contributed by atoms with Crippen molar-refractivity contribution in [3.8, 4) is 5.75 Å². The number of benzene rings is 2. The van der Waals surface area contributed by atoms with Gasteiger partial charge in [-0.2, -0.15) is 0 Å². The molecule has 0 spiro atoms. The van der Waals surface area contributed by atoms with Gasteiger partial charge in [0.1, 0.15) is 66.2 Å². The van der Waals surface area contributed by atoms with Gasteiger partial charge in [0, 0.05) is 45.7 Å². The maximum Gasteiger partial charge on any atom is 0.246 e. The van der Waals surface area contributed by atoms with Gasteiger partial charge < -0.3 is 114 Å². The summed E-state index contributed by atoms with van der Waals surface area (Å²) in [5, 5.41) is 33.9. The molecule has 5 rings (SSSR count). The van der Waals surface area contributed by atoms with Crippen LogP contribution in [0.3, 0.4) is 0 Å². The highest BCUT2D eigenvalue weighted by molar-refractivity contribution is 6.00. The highest BCUT2D eigenvalue weighted by Crippen LogP contribution is 2.23. The van der Waals surface area contributed by atoms with E-state index in [9.17, 15) is 62.6 Å². The molecule has 3 saturated heterocycles. The van der Waals surface area contributed by atoms with Crippen molar-refractivity contribution < 1.29 is 62.6 Å². The molecule has 28 N–H and O–H groups in total. The van der Waals surface area contributed by atoms with E-state index in [1.807, 2.05) is 0 Å². The fraction of sp³-hybridized carbons (Fsp3) is 0.585. The highest BCUT2D eigenvalue weighted by atomic mass is 16.3. The van der Waals surface area contributed by atoms with Crippen LogP contribution in [0.15, 0.2) is 69.6 Å². The number of hydrogen-bond donors (Lipinski definition) is 19. The molecule has 0 bridgehead atoms. The van der Waals surface area contributed by atoms with Crippen molar-refractivity contribution in [1.82, 2.24) is 57.7 Å². The number of amides is 12. The molecule has 0 radical (unpaired) electrons. The van der Waals surface area contributed by atoms with Crippen molar-refractivity contribution in [1.29, 1.82) is 0 Å². The van der Waals surface area contributed by atoms with Crippen LogP contribution in [0, 0.1) is 5.92 Å². The van der Waals surface area contributed by atoms with Gasteiger partial charge in [0.05, 0.1) is 12.5 Å². The lowest BCUT2D eigenvalue weighted by molar-refractivity contribution is -0.143. The Kier molecular flexibility index (Phi) is 33.2. The van der Waals surface area contributed by atoms with Gasteiger partial charge in [0.15, 0.2) is 17.9 Å². The molecule has 0 saturated carbocycles. The first-order chi connectivity index (χ1) is 48.1. The first-order valence-electron chi connectivity index (χ1n) is 34.1. The van der Waals surface area contributed by atoms with Gasteiger partial charge in [-0.25, -0.2) is 0 Å². The lowest BCUT2D eigenvalue weighted by atomic mass is 9.96. The molecule has 12 atom stereocenters. The summed E-state index contributed by atoms with van der Waals surface area (Å²) in [6, 6.07) is -0.607. The molecular formula is C65H103N23O13. The van der Waals surface area contributed by atoms with Gasteiger partial charge in [0.25, 0.3) is 0 Å². The van der Waals surface area contributed by atoms with Crippen LogP contribution in [0.25, 0.3) is 0 Å². The Hall–Kier alpha value is -10.4. The van der Waals surface area contributed by atoms with Crippen LogP contribution in [-0.2, 0) is 70.4 Å². The molecule has 3 heterocycles. The van der Waals surface area contributed by atoms with Crippen LogP contribution >= 0.6 is 0 Å². The Morgan fingerprint density at radius 2 is 1.19 bits per heavy atom. The van der Waals surface area contributed by atoms with Gasteiger partial charge in [0.2, 0.25) is 70.9 Å². The minimum absolute atomic E-state index is 0.0164. The number of aliphatic imine (C=N–C) groups is 3. The van der Waals surface area contributed by atoms with E-state index in [2.05, 4.69) is 62.8 Å². The van der Waals surface area contributed by atoms with Crippen LogP contribution in [0.5, 0.6) is 5.75 Å². The van der Waals surface area contributed by atoms with Gasteiger partial charge in [-0.05, 0) is 126 Å². The molecule has 36 heteroatoms. The lowest BCUT2D eigenvalue weighted by Gasteiger charge is -2.32. The third-order valence-corrected chi connectivity index (χ3v) is 17.6. The maximum atomic E-state index is 14.9. The van der Waals surface area contributed by atoms with Crippen LogP contribution in [0.4, 0.5) is 0 Å². The molecule has 101 heavy (non-hydrogen) atoms. The summed E-state index contributed by atoms with van der Waals surface area (Å²) >= 11 is 0. The predicted octanol–water partition coefficient (Wildman–Crippen LogP) is -6.29. The second-order valence-corrected chi connectivity index (χ2v) is 25.4. The summed E-state index contributed by atoms with van der Waals surface area (Å²) in [5.74, 6) is -11.4. The number of primary amides is 1. The first-order valence-corrected chi connectivity index (χ1v) is 34.1. The summed E-state index contributed by atoms with van der Waals surface area (Å²) in [6.07, 6.45) is 1.57. The molecule has 3 fully saturated rings. The number of phenols is 1. The second-order valence-electron chi connectivity index (χ2n) is 25.4. The van der Waals surface area contributed by atoms with Crippen molar-refractivity contribution in [2.45, 2.75) is 189 Å². The van der Waals surface area contributed by atoms with E-state index in [1.165, 1.54) is 21.9 Å². The number of hydrogen-bond acceptors (Lipinski definition) is 18. The zero-order valence-corrected chi connectivity index (χ0v) is 57.4. The third-order valence-electron chi connectivity index (χ3n) is 17.6. The van der Waals surface area contributed by atoms with Gasteiger partial charge in [-0.3, -0.25) is 72.5 Å². The fourth-order valence-corrected chi connectivity index (χ4v) is 11.9. The Bertz CT molecular complexity index is 3260. The van der Waals surface area contributed by atoms with Gasteiger partial charge in [-0.15, -0.1) is 0 Å². The summed E-state index contributed by atoms with van der Waals surface area (Å²) in [7, 11) is 0. The number of nitrogens with one attached hydrogen (secondary N) is 9. The standard InChI is InChI=1S/C65H103N23O13/c1-3-36(2)51(60(99)82-44(19-11-29-77-65(73)74)61(100)87-30-12-20-48(87)58(97)79-41(52(68)91)16-7-8-26-66)86-55(94)43(18-10-28-76-64(71)72)80-54(93)42(17-9-27-75-63(69)70)81-57(96)47-35-78-50(90)34-46(84-53(92)40(67)32-38-22-24-39(89)25-23-38)62(101)88-31-13-21-49(88)59(98)83-45(56(95)85-47)33-37-14-5-4-6-15-37/h4-6,14-15,22-25,36,40-49,51,89H,3,7-13,16-21,26-35,66-67H2,1-2H3,(H2,68,91)(H,78,90)(H,79,97)(H,80,93)(H,81,96)(H,82,99)(H,83,98)(H,84,92)(H,85,95)(H,86,94)(H4,69,70,75)(H4,71,72,76)(H4,73,74,77)/t36-,40-,41-,42-,43-,44-,45-,46+,47-,48-,49-,51-/m0/s1. The van der Waals surface area contributed by atoms with Crippen LogP contribution in [0.2, 0.25) is 0 Å². The number of guanidine groups is 3. The molecular weight excluding hydrogens is 1310 g/mol. The molecule has 0 aliphatic carbocycles. The summed E-state index contributed by atoms with van der Waals surface area (Å²) in [4.78, 5) is 186. The summed E-state index contributed by atoms with van der Waals surface area (Å²) in [5.41, 5.74) is 52.5. The Morgan fingerprint density at radius 1 is 0.624 bits per heavy atom. The SMILES string of the molecule is CC[C@H](C)[C@H](NC(=O)[C@H](CCCN=C(N)N)NC(=O)[C@H](CCCN=C(N)N)NC(=O)[C@@H]1CNC(=O)C[C@@H](NC(=O)[C@@H](N)Cc2ccc(O)cc2)C(=O)N2CCC[C@H]2C(=O)N[C@@H](Cc2ccccc2)C(=O)N1)C(=O)N[C@@H](CCCN=C(N)N)C(=O)N1CCC[C@H]1C(=O)N[C@@H](CCCCN)C(N)=O. The molecule has 3 aliphatic heterocycles. The number of unbranched alkanes of at least 4 members (excludes halogenated alkanes) is 1. The summed E-state index contributed by atoms with van der Waals surface area (Å²) in [6.45, 7) is 3.17. The van der Waals surface area contributed by atoms with Crippen molar-refractivity contribution in [2.75, 3.05) is 45.8 Å². The maximum absolute atomic E-state index is 14.9. The van der Waals surface area contributed by atoms with Crippen molar-refractivity contribution >= 4 is 88.8 Å². The number of fused-ring (bicyclic) bond motifs is 1. The zero-order valence-electron chi connectivity index (χ0n) is 57.4. The third kappa shape index (κ3) is 26.7. The molecule has 556 valence electrons. The van der Waals surface area contributed by atoms with E-state index < -0.39 is 156 Å². The van der Waals surface area contributed by atoms with Crippen molar-refractivity contribution in [3.05, 3.63) is 65.7 Å². The molecule has 0 aromatic heterocycles. The number of carbonyl (C=O) groups is 12. The van der Waals surface area contributed by atoms with E-state index in [-0.39, 0.29) is 133 Å². The van der Waals surface area contributed by atoms with Crippen molar-refractivity contribution in [2.24, 2.45) is 72.5 Å². The predicted molar refractivity (Wildman–Crippen MR) is 374 cm³/mol. The van der Waals surface area contributed by atoms with Gasteiger partial charge in [-0.1, -0.05) is 62.7 Å². The molecule has 3 aliphatic rings. The van der Waals surface area contributed by atoms with E-state index in [4.69, 9.17) is 51.6 Å². The first kappa shape index (κ1) is 81.3.